The average Bonchev–Trinajstić information content (AvgIpc) is 2.40. The molecule has 1 unspecified atom stereocenters. The summed E-state index contributed by atoms with van der Waals surface area (Å²) in [7, 11) is 0. The second-order valence-electron chi connectivity index (χ2n) is 4.67. The topological polar surface area (TPSA) is 46.5 Å². The molecule has 19 heavy (non-hydrogen) atoms. The first-order valence-corrected chi connectivity index (χ1v) is 7.82. The molecule has 0 aliphatic rings. The lowest BCUT2D eigenvalue weighted by atomic mass is 10.0. The molecule has 0 aliphatic heterocycles. The highest BCUT2D eigenvalue weighted by Gasteiger charge is 2.14. The molecule has 0 saturated carbocycles. The van der Waals surface area contributed by atoms with Gasteiger partial charge < -0.3 is 9.84 Å². The summed E-state index contributed by atoms with van der Waals surface area (Å²) in [6.45, 7) is 4.92. The van der Waals surface area contributed by atoms with Crippen molar-refractivity contribution < 1.29 is 14.6 Å². The Morgan fingerprint density at radius 1 is 1.42 bits per heavy atom. The molecule has 106 valence electrons. The van der Waals surface area contributed by atoms with Crippen LogP contribution in [0.5, 0.6) is 5.75 Å². The quantitative estimate of drug-likeness (QED) is 0.676. The average molecular weight is 376 g/mol. The molecule has 0 spiro atoms. The van der Waals surface area contributed by atoms with Crippen molar-refractivity contribution in [2.24, 2.45) is 5.92 Å². The van der Waals surface area contributed by atoms with Gasteiger partial charge in [-0.05, 0) is 53.1 Å². The number of benzene rings is 1. The van der Waals surface area contributed by atoms with E-state index in [9.17, 15) is 9.90 Å². The van der Waals surface area contributed by atoms with E-state index in [1.807, 2.05) is 6.07 Å². The lowest BCUT2D eigenvalue weighted by Gasteiger charge is -2.16. The highest BCUT2D eigenvalue weighted by Crippen LogP contribution is 2.23. The van der Waals surface area contributed by atoms with Crippen LogP contribution in [0.4, 0.5) is 0 Å². The highest BCUT2D eigenvalue weighted by atomic mass is 127. The molecule has 1 rings (SSSR count). The summed E-state index contributed by atoms with van der Waals surface area (Å²) in [5, 5.41) is 9.17. The molecule has 1 aromatic rings. The van der Waals surface area contributed by atoms with Crippen molar-refractivity contribution >= 4 is 28.6 Å². The minimum atomic E-state index is -0.935. The van der Waals surface area contributed by atoms with Crippen molar-refractivity contribution in [1.82, 2.24) is 0 Å². The predicted octanol–water partition coefficient (Wildman–Crippen LogP) is 4.58. The second kappa shape index (κ2) is 8.40. The first-order valence-electron chi connectivity index (χ1n) is 6.74. The van der Waals surface area contributed by atoms with E-state index in [0.29, 0.717) is 18.3 Å². The number of aromatic carboxylic acids is 1. The van der Waals surface area contributed by atoms with E-state index in [2.05, 4.69) is 36.4 Å². The molecule has 4 heteroatoms. The van der Waals surface area contributed by atoms with Gasteiger partial charge in [0.15, 0.2) is 0 Å². The number of unbranched alkanes of at least 4 members (excludes halogenated alkanes) is 1. The van der Waals surface area contributed by atoms with Crippen molar-refractivity contribution in [2.45, 2.75) is 39.5 Å². The molecule has 0 fully saturated rings. The maximum absolute atomic E-state index is 11.2. The molecule has 0 saturated heterocycles. The van der Waals surface area contributed by atoms with E-state index in [0.717, 1.165) is 16.4 Å². The van der Waals surface area contributed by atoms with E-state index >= 15 is 0 Å². The fourth-order valence-corrected chi connectivity index (χ4v) is 2.39. The zero-order valence-corrected chi connectivity index (χ0v) is 13.6. The third-order valence-electron chi connectivity index (χ3n) is 3.19. The fourth-order valence-electron chi connectivity index (χ4n) is 1.90. The van der Waals surface area contributed by atoms with Gasteiger partial charge in [-0.1, -0.05) is 33.1 Å². The smallest absolute Gasteiger partial charge is 0.339 e. The summed E-state index contributed by atoms with van der Waals surface area (Å²) in [4.78, 5) is 11.2. The van der Waals surface area contributed by atoms with Crippen LogP contribution in [0.1, 0.15) is 49.9 Å². The van der Waals surface area contributed by atoms with Crippen molar-refractivity contribution in [3.63, 3.8) is 0 Å². The molecule has 1 atom stereocenters. The van der Waals surface area contributed by atoms with Crippen molar-refractivity contribution in [3.05, 3.63) is 27.3 Å². The van der Waals surface area contributed by atoms with Crippen LogP contribution in [-0.4, -0.2) is 17.7 Å². The molecular weight excluding hydrogens is 355 g/mol. The van der Waals surface area contributed by atoms with E-state index < -0.39 is 5.97 Å². The minimum Gasteiger partial charge on any atom is -0.492 e. The number of hydrogen-bond donors (Lipinski definition) is 1. The van der Waals surface area contributed by atoms with Gasteiger partial charge in [-0.15, -0.1) is 0 Å². The van der Waals surface area contributed by atoms with Crippen LogP contribution in [0.3, 0.4) is 0 Å². The standard InChI is InChI=1S/C15H21IO3/c1-3-5-6-11(4-2)10-19-14-8-7-12(16)9-13(14)15(17)18/h7-9,11H,3-6,10H2,1-2H3,(H,17,18). The Hall–Kier alpha value is -0.780. The Morgan fingerprint density at radius 2 is 2.16 bits per heavy atom. The Morgan fingerprint density at radius 3 is 2.74 bits per heavy atom. The van der Waals surface area contributed by atoms with E-state index in [4.69, 9.17) is 4.74 Å². The van der Waals surface area contributed by atoms with Gasteiger partial charge in [-0.3, -0.25) is 0 Å². The van der Waals surface area contributed by atoms with Crippen LogP contribution in [0, 0.1) is 9.49 Å². The normalized spacial score (nSPS) is 12.2. The first kappa shape index (κ1) is 16.3. The molecular formula is C15H21IO3. The van der Waals surface area contributed by atoms with Gasteiger partial charge >= 0.3 is 5.97 Å². The summed E-state index contributed by atoms with van der Waals surface area (Å²) >= 11 is 2.10. The molecule has 3 nitrogen and oxygen atoms in total. The van der Waals surface area contributed by atoms with Gasteiger partial charge in [0.2, 0.25) is 0 Å². The van der Waals surface area contributed by atoms with E-state index in [1.165, 1.54) is 12.8 Å². The van der Waals surface area contributed by atoms with Gasteiger partial charge in [-0.25, -0.2) is 4.79 Å². The minimum absolute atomic E-state index is 0.247. The van der Waals surface area contributed by atoms with E-state index in [-0.39, 0.29) is 5.56 Å². The van der Waals surface area contributed by atoms with Crippen LogP contribution >= 0.6 is 22.6 Å². The van der Waals surface area contributed by atoms with Crippen LogP contribution < -0.4 is 4.74 Å². The van der Waals surface area contributed by atoms with Crippen LogP contribution in [-0.2, 0) is 0 Å². The maximum Gasteiger partial charge on any atom is 0.339 e. The Balaban J connectivity index is 2.68. The third-order valence-corrected chi connectivity index (χ3v) is 3.86. The Bertz CT molecular complexity index is 418. The van der Waals surface area contributed by atoms with Gasteiger partial charge in [0.05, 0.1) is 6.61 Å². The SMILES string of the molecule is CCCCC(CC)COc1ccc(I)cc1C(=O)O. The summed E-state index contributed by atoms with van der Waals surface area (Å²) < 4.78 is 6.62. The molecule has 0 aromatic heterocycles. The zero-order chi connectivity index (χ0) is 14.3. The summed E-state index contributed by atoms with van der Waals surface area (Å²) in [6, 6.07) is 5.26. The Kier molecular flexibility index (Phi) is 7.20. The third kappa shape index (κ3) is 5.38. The lowest BCUT2D eigenvalue weighted by Crippen LogP contribution is -2.13. The number of carboxylic acids is 1. The largest absolute Gasteiger partial charge is 0.492 e. The molecule has 0 amide bonds. The maximum atomic E-state index is 11.2. The van der Waals surface area contributed by atoms with Crippen LogP contribution in [0.25, 0.3) is 0 Å². The van der Waals surface area contributed by atoms with E-state index in [1.54, 1.807) is 12.1 Å². The van der Waals surface area contributed by atoms with Gasteiger partial charge in [-0.2, -0.15) is 0 Å². The number of carbonyl (C=O) groups is 1. The summed E-state index contributed by atoms with van der Waals surface area (Å²) in [5.74, 6) is 0.0406. The van der Waals surface area contributed by atoms with Gasteiger partial charge in [0.1, 0.15) is 11.3 Å². The number of carboxylic acid groups (broad SMARTS) is 1. The number of hydrogen-bond acceptors (Lipinski definition) is 2. The predicted molar refractivity (Wildman–Crippen MR) is 84.9 cm³/mol. The number of rotatable bonds is 8. The first-order chi connectivity index (χ1) is 9.08. The lowest BCUT2D eigenvalue weighted by molar-refractivity contribution is 0.0691. The molecule has 0 aliphatic carbocycles. The van der Waals surface area contributed by atoms with Gasteiger partial charge in [0, 0.05) is 3.57 Å². The summed E-state index contributed by atoms with van der Waals surface area (Å²) in [6.07, 6.45) is 4.58. The van der Waals surface area contributed by atoms with Crippen LogP contribution in [0.15, 0.2) is 18.2 Å². The van der Waals surface area contributed by atoms with Crippen molar-refractivity contribution in [1.29, 1.82) is 0 Å². The Labute approximate surface area is 128 Å². The fraction of sp³-hybridized carbons (Fsp3) is 0.533. The molecule has 0 radical (unpaired) electrons. The molecule has 1 aromatic carbocycles. The second-order valence-corrected chi connectivity index (χ2v) is 5.92. The molecule has 1 N–H and O–H groups in total. The van der Waals surface area contributed by atoms with Crippen molar-refractivity contribution in [2.75, 3.05) is 6.61 Å². The summed E-state index contributed by atoms with van der Waals surface area (Å²) in [5.41, 5.74) is 0.247. The van der Waals surface area contributed by atoms with Gasteiger partial charge in [0.25, 0.3) is 0 Å². The van der Waals surface area contributed by atoms with Crippen LogP contribution in [0.2, 0.25) is 0 Å². The highest BCUT2D eigenvalue weighted by molar-refractivity contribution is 14.1. The monoisotopic (exact) mass is 376 g/mol. The number of ether oxygens (including phenoxy) is 1. The molecule has 0 bridgehead atoms. The number of halogens is 1. The zero-order valence-electron chi connectivity index (χ0n) is 11.5. The van der Waals surface area contributed by atoms with Crippen molar-refractivity contribution in [3.8, 4) is 5.75 Å². The molecule has 0 heterocycles.